The van der Waals surface area contributed by atoms with Crippen LogP contribution in [0.25, 0.3) is 0 Å². The minimum Gasteiger partial charge on any atom is -0.385 e. The Morgan fingerprint density at radius 1 is 1.50 bits per heavy atom. The van der Waals surface area contributed by atoms with E-state index < -0.39 is 5.60 Å². The largest absolute Gasteiger partial charge is 0.385 e. The highest BCUT2D eigenvalue weighted by molar-refractivity contribution is 7.16. The predicted molar refractivity (Wildman–Crippen MR) is 71.2 cm³/mol. The number of nitrogens with one attached hydrogen (secondary N) is 1. The molecule has 2 N–H and O–H groups in total. The van der Waals surface area contributed by atoms with E-state index in [-0.39, 0.29) is 0 Å². The first-order chi connectivity index (χ1) is 7.42. The minimum absolute atomic E-state index is 0.640. The van der Waals surface area contributed by atoms with Crippen molar-refractivity contribution in [2.75, 3.05) is 13.1 Å². The first kappa shape index (κ1) is 14.0. The van der Waals surface area contributed by atoms with Crippen LogP contribution in [0, 0.1) is 5.92 Å². The fraction of sp³-hybridized carbons (Fsp3) is 0.667. The van der Waals surface area contributed by atoms with E-state index in [0.717, 1.165) is 22.3 Å². The monoisotopic (exact) mass is 261 g/mol. The summed E-state index contributed by atoms with van der Waals surface area (Å²) in [4.78, 5) is 0.934. The lowest BCUT2D eigenvalue weighted by Gasteiger charge is -2.22. The van der Waals surface area contributed by atoms with E-state index in [1.807, 2.05) is 19.1 Å². The van der Waals surface area contributed by atoms with E-state index in [9.17, 15) is 5.11 Å². The zero-order valence-electron chi connectivity index (χ0n) is 10.1. The summed E-state index contributed by atoms with van der Waals surface area (Å²) < 4.78 is 0.727. The molecule has 4 heteroatoms. The van der Waals surface area contributed by atoms with Crippen molar-refractivity contribution in [3.8, 4) is 0 Å². The minimum atomic E-state index is -0.776. The normalized spacial score (nSPS) is 15.4. The Hall–Kier alpha value is -0.0900. The summed E-state index contributed by atoms with van der Waals surface area (Å²) in [6.45, 7) is 7.99. The van der Waals surface area contributed by atoms with E-state index in [1.165, 1.54) is 11.3 Å². The standard InChI is InChI=1S/C12H20ClNOS/c1-9(2)8-14-7-6-12(3,15)10-4-5-11(13)16-10/h4-5,9,14-15H,6-8H2,1-3H3. The van der Waals surface area contributed by atoms with Crippen LogP contribution in [0.2, 0.25) is 4.34 Å². The second-order valence-corrected chi connectivity index (χ2v) is 6.44. The van der Waals surface area contributed by atoms with Gasteiger partial charge in [0.1, 0.15) is 0 Å². The topological polar surface area (TPSA) is 32.3 Å². The zero-order chi connectivity index (χ0) is 12.2. The summed E-state index contributed by atoms with van der Waals surface area (Å²) in [5.74, 6) is 0.640. The Kier molecular flexibility index (Phi) is 5.25. The third kappa shape index (κ3) is 4.42. The molecule has 0 aliphatic carbocycles. The van der Waals surface area contributed by atoms with Crippen LogP contribution in [-0.2, 0) is 5.60 Å². The van der Waals surface area contributed by atoms with Gasteiger partial charge in [0.15, 0.2) is 0 Å². The van der Waals surface area contributed by atoms with Gasteiger partial charge in [0, 0.05) is 4.88 Å². The first-order valence-electron chi connectivity index (χ1n) is 5.61. The van der Waals surface area contributed by atoms with E-state index in [1.54, 1.807) is 0 Å². The lowest BCUT2D eigenvalue weighted by Crippen LogP contribution is -2.28. The van der Waals surface area contributed by atoms with Crippen LogP contribution in [0.3, 0.4) is 0 Å². The summed E-state index contributed by atoms with van der Waals surface area (Å²) in [5.41, 5.74) is -0.776. The highest BCUT2D eigenvalue weighted by atomic mass is 35.5. The van der Waals surface area contributed by atoms with Crippen molar-refractivity contribution in [1.82, 2.24) is 5.32 Å². The molecule has 0 fully saturated rings. The second-order valence-electron chi connectivity index (χ2n) is 4.73. The van der Waals surface area contributed by atoms with E-state index in [4.69, 9.17) is 11.6 Å². The Labute approximate surface area is 107 Å². The van der Waals surface area contributed by atoms with Crippen molar-refractivity contribution < 1.29 is 5.11 Å². The third-order valence-electron chi connectivity index (χ3n) is 2.45. The SMILES string of the molecule is CC(C)CNCCC(C)(O)c1ccc(Cl)s1. The summed E-state index contributed by atoms with van der Waals surface area (Å²) in [6, 6.07) is 3.73. The molecule has 0 aromatic carbocycles. The van der Waals surface area contributed by atoms with Crippen LogP contribution >= 0.6 is 22.9 Å². The Balaban J connectivity index is 2.40. The molecule has 0 spiro atoms. The molecule has 2 nitrogen and oxygen atoms in total. The summed E-state index contributed by atoms with van der Waals surface area (Å²) >= 11 is 7.31. The summed E-state index contributed by atoms with van der Waals surface area (Å²) in [6.07, 6.45) is 0.705. The fourth-order valence-electron chi connectivity index (χ4n) is 1.45. The molecule has 16 heavy (non-hydrogen) atoms. The van der Waals surface area contributed by atoms with Crippen LogP contribution in [0.1, 0.15) is 32.1 Å². The maximum absolute atomic E-state index is 10.3. The van der Waals surface area contributed by atoms with Crippen LogP contribution in [0.5, 0.6) is 0 Å². The molecule has 1 heterocycles. The van der Waals surface area contributed by atoms with E-state index in [2.05, 4.69) is 19.2 Å². The number of hydrogen-bond acceptors (Lipinski definition) is 3. The van der Waals surface area contributed by atoms with Gasteiger partial charge in [-0.2, -0.15) is 0 Å². The predicted octanol–water partition coefficient (Wildman–Crippen LogP) is 3.24. The Morgan fingerprint density at radius 3 is 2.69 bits per heavy atom. The quantitative estimate of drug-likeness (QED) is 0.771. The number of hydrogen-bond donors (Lipinski definition) is 2. The van der Waals surface area contributed by atoms with E-state index >= 15 is 0 Å². The molecule has 1 rings (SSSR count). The van der Waals surface area contributed by atoms with Crippen molar-refractivity contribution in [3.05, 3.63) is 21.3 Å². The van der Waals surface area contributed by atoms with Gasteiger partial charge in [-0.25, -0.2) is 0 Å². The van der Waals surface area contributed by atoms with Crippen molar-refractivity contribution in [3.63, 3.8) is 0 Å². The van der Waals surface area contributed by atoms with Crippen LogP contribution in [0.4, 0.5) is 0 Å². The fourth-order valence-corrected chi connectivity index (χ4v) is 2.57. The molecule has 0 aliphatic rings. The molecule has 0 aliphatic heterocycles. The van der Waals surface area contributed by atoms with Gasteiger partial charge in [0.05, 0.1) is 9.94 Å². The second kappa shape index (κ2) is 6.01. The highest BCUT2D eigenvalue weighted by Crippen LogP contribution is 2.32. The van der Waals surface area contributed by atoms with Crippen LogP contribution in [-0.4, -0.2) is 18.2 Å². The van der Waals surface area contributed by atoms with Crippen LogP contribution < -0.4 is 5.32 Å². The van der Waals surface area contributed by atoms with Gasteiger partial charge in [0.25, 0.3) is 0 Å². The van der Waals surface area contributed by atoms with Crippen molar-refractivity contribution in [2.24, 2.45) is 5.92 Å². The number of halogens is 1. The molecular formula is C12H20ClNOS. The molecule has 0 bridgehead atoms. The van der Waals surface area contributed by atoms with E-state index in [0.29, 0.717) is 12.3 Å². The van der Waals surface area contributed by atoms with Crippen molar-refractivity contribution in [2.45, 2.75) is 32.8 Å². The Bertz CT molecular complexity index is 323. The molecule has 1 aromatic rings. The van der Waals surface area contributed by atoms with Gasteiger partial charge in [0.2, 0.25) is 0 Å². The van der Waals surface area contributed by atoms with Gasteiger partial charge < -0.3 is 10.4 Å². The molecule has 0 amide bonds. The Morgan fingerprint density at radius 2 is 2.19 bits per heavy atom. The number of aliphatic hydroxyl groups is 1. The molecule has 1 atom stereocenters. The smallest absolute Gasteiger partial charge is 0.0972 e. The molecule has 0 saturated heterocycles. The van der Waals surface area contributed by atoms with Gasteiger partial charge in [-0.1, -0.05) is 25.4 Å². The molecule has 1 aromatic heterocycles. The molecular weight excluding hydrogens is 242 g/mol. The summed E-state index contributed by atoms with van der Waals surface area (Å²) in [5, 5.41) is 13.6. The third-order valence-corrected chi connectivity index (χ3v) is 3.93. The van der Waals surface area contributed by atoms with Crippen LogP contribution in [0.15, 0.2) is 12.1 Å². The molecule has 0 radical (unpaired) electrons. The van der Waals surface area contributed by atoms with Gasteiger partial charge in [-0.3, -0.25) is 0 Å². The van der Waals surface area contributed by atoms with Gasteiger partial charge in [-0.05, 0) is 44.5 Å². The first-order valence-corrected chi connectivity index (χ1v) is 6.80. The average Bonchev–Trinajstić information content (AvgIpc) is 2.60. The average molecular weight is 262 g/mol. The molecule has 92 valence electrons. The maximum Gasteiger partial charge on any atom is 0.0972 e. The summed E-state index contributed by atoms with van der Waals surface area (Å²) in [7, 11) is 0. The molecule has 1 unspecified atom stereocenters. The van der Waals surface area contributed by atoms with Crippen molar-refractivity contribution in [1.29, 1.82) is 0 Å². The number of thiophene rings is 1. The maximum atomic E-state index is 10.3. The lowest BCUT2D eigenvalue weighted by atomic mass is 10.0. The number of rotatable bonds is 6. The highest BCUT2D eigenvalue weighted by Gasteiger charge is 2.24. The molecule has 0 saturated carbocycles. The van der Waals surface area contributed by atoms with Gasteiger partial charge >= 0.3 is 0 Å². The van der Waals surface area contributed by atoms with Gasteiger partial charge in [-0.15, -0.1) is 11.3 Å². The zero-order valence-corrected chi connectivity index (χ0v) is 11.7. The van der Waals surface area contributed by atoms with Crippen molar-refractivity contribution >= 4 is 22.9 Å². The lowest BCUT2D eigenvalue weighted by molar-refractivity contribution is 0.0516.